The fourth-order valence-corrected chi connectivity index (χ4v) is 2.52. The first-order valence-corrected chi connectivity index (χ1v) is 8.63. The largest absolute Gasteiger partial charge is 0.377 e. The van der Waals surface area contributed by atoms with Crippen LogP contribution in [0.3, 0.4) is 0 Å². The van der Waals surface area contributed by atoms with E-state index in [9.17, 15) is 10.1 Å². The molecular formula is C17H27N2O6+. The van der Waals surface area contributed by atoms with Gasteiger partial charge in [0.05, 0.1) is 57.8 Å². The lowest BCUT2D eigenvalue weighted by Gasteiger charge is -2.19. The first-order chi connectivity index (χ1) is 12.3. The first-order valence-electron chi connectivity index (χ1n) is 8.63. The number of nitro benzene ring substituents is 1. The highest BCUT2D eigenvalue weighted by Crippen LogP contribution is 2.11. The summed E-state index contributed by atoms with van der Waals surface area (Å²) < 4.78 is 22.0. The number of nitrogens with one attached hydrogen (secondary N) is 1. The van der Waals surface area contributed by atoms with Crippen molar-refractivity contribution in [2.75, 3.05) is 65.9 Å². The second-order valence-electron chi connectivity index (χ2n) is 5.80. The van der Waals surface area contributed by atoms with Crippen molar-refractivity contribution >= 4 is 5.69 Å². The number of rotatable bonds is 3. The summed E-state index contributed by atoms with van der Waals surface area (Å²) in [7, 11) is 0. The van der Waals surface area contributed by atoms with Gasteiger partial charge >= 0.3 is 0 Å². The predicted molar refractivity (Wildman–Crippen MR) is 90.8 cm³/mol. The average Bonchev–Trinajstić information content (AvgIpc) is 2.62. The molecule has 0 bridgehead atoms. The van der Waals surface area contributed by atoms with Gasteiger partial charge in [0.15, 0.2) is 0 Å². The van der Waals surface area contributed by atoms with E-state index in [1.165, 1.54) is 4.90 Å². The van der Waals surface area contributed by atoms with Crippen LogP contribution in [-0.2, 0) is 25.5 Å². The highest BCUT2D eigenvalue weighted by molar-refractivity contribution is 5.32. The average molecular weight is 355 g/mol. The maximum atomic E-state index is 10.7. The Labute approximate surface area is 147 Å². The molecule has 25 heavy (non-hydrogen) atoms. The van der Waals surface area contributed by atoms with Gasteiger partial charge in [-0.3, -0.25) is 10.1 Å². The van der Waals surface area contributed by atoms with E-state index in [0.29, 0.717) is 52.9 Å². The number of nitrogens with zero attached hydrogens (tertiary/aromatic N) is 1. The minimum atomic E-state index is -0.382. The smallest absolute Gasteiger partial charge is 0.269 e. The van der Waals surface area contributed by atoms with E-state index in [1.54, 1.807) is 12.1 Å². The molecule has 8 heteroatoms. The van der Waals surface area contributed by atoms with E-state index in [0.717, 1.165) is 25.2 Å². The number of quaternary nitrogens is 1. The van der Waals surface area contributed by atoms with Crippen molar-refractivity contribution in [3.8, 4) is 0 Å². The molecule has 1 aliphatic heterocycles. The molecule has 0 atom stereocenters. The Balaban J connectivity index is 1.84. The van der Waals surface area contributed by atoms with Crippen molar-refractivity contribution < 1.29 is 28.8 Å². The standard InChI is InChI=1S/C17H26N2O6/c20-19(21)17-3-1-16(2-4-17)15-18-5-7-22-9-11-24-13-14-25-12-10-23-8-6-18/h1-4H,5-15H2/p+1. The highest BCUT2D eigenvalue weighted by atomic mass is 16.6. The van der Waals surface area contributed by atoms with Crippen LogP contribution in [0.2, 0.25) is 0 Å². The molecule has 1 N–H and O–H groups in total. The zero-order valence-corrected chi connectivity index (χ0v) is 14.5. The van der Waals surface area contributed by atoms with Gasteiger partial charge in [-0.05, 0) is 12.1 Å². The summed E-state index contributed by atoms with van der Waals surface area (Å²) >= 11 is 0. The van der Waals surface area contributed by atoms with Gasteiger partial charge in [0.1, 0.15) is 19.6 Å². The molecule has 0 aliphatic carbocycles. The fraction of sp³-hybridized carbons (Fsp3) is 0.647. The first kappa shape index (κ1) is 19.7. The van der Waals surface area contributed by atoms with Crippen LogP contribution in [0.1, 0.15) is 5.56 Å². The summed E-state index contributed by atoms with van der Waals surface area (Å²) in [6, 6.07) is 6.71. The van der Waals surface area contributed by atoms with Crippen molar-refractivity contribution in [2.45, 2.75) is 6.54 Å². The SMILES string of the molecule is O=[N+]([O-])c1ccc(C[NH+]2CCOCCOCCOCCOCC2)cc1. The van der Waals surface area contributed by atoms with Gasteiger partial charge in [0.25, 0.3) is 5.69 Å². The Bertz CT molecular complexity index is 480. The molecule has 1 aliphatic rings. The molecule has 140 valence electrons. The van der Waals surface area contributed by atoms with Crippen molar-refractivity contribution in [3.63, 3.8) is 0 Å². The van der Waals surface area contributed by atoms with Gasteiger partial charge in [-0.25, -0.2) is 0 Å². The van der Waals surface area contributed by atoms with Crippen molar-refractivity contribution in [1.29, 1.82) is 0 Å². The summed E-state index contributed by atoms with van der Waals surface area (Å²) in [5.41, 5.74) is 1.17. The molecule has 0 aromatic heterocycles. The molecule has 0 saturated carbocycles. The lowest BCUT2D eigenvalue weighted by atomic mass is 10.2. The van der Waals surface area contributed by atoms with Gasteiger partial charge in [-0.2, -0.15) is 0 Å². The third kappa shape index (κ3) is 8.37. The van der Waals surface area contributed by atoms with E-state index in [-0.39, 0.29) is 10.6 Å². The summed E-state index contributed by atoms with van der Waals surface area (Å²) in [6.45, 7) is 7.16. The van der Waals surface area contributed by atoms with Crippen LogP contribution >= 0.6 is 0 Å². The molecular weight excluding hydrogens is 328 g/mol. The number of nitro groups is 1. The molecule has 1 aromatic rings. The van der Waals surface area contributed by atoms with Crippen LogP contribution in [0.4, 0.5) is 5.69 Å². The normalized spacial score (nSPS) is 19.7. The van der Waals surface area contributed by atoms with E-state index in [2.05, 4.69) is 0 Å². The molecule has 0 spiro atoms. The van der Waals surface area contributed by atoms with Crippen LogP contribution in [-0.4, -0.2) is 70.9 Å². The van der Waals surface area contributed by atoms with Gasteiger partial charge in [0.2, 0.25) is 0 Å². The van der Waals surface area contributed by atoms with Crippen molar-refractivity contribution in [2.24, 2.45) is 0 Å². The molecule has 0 unspecified atom stereocenters. The number of hydrogen-bond donors (Lipinski definition) is 1. The summed E-state index contributed by atoms with van der Waals surface area (Å²) in [4.78, 5) is 11.7. The van der Waals surface area contributed by atoms with E-state index >= 15 is 0 Å². The molecule has 8 nitrogen and oxygen atoms in total. The Morgan fingerprint density at radius 1 is 0.800 bits per heavy atom. The highest BCUT2D eigenvalue weighted by Gasteiger charge is 2.12. The van der Waals surface area contributed by atoms with E-state index in [4.69, 9.17) is 18.9 Å². The minimum Gasteiger partial charge on any atom is -0.377 e. The van der Waals surface area contributed by atoms with Gasteiger partial charge in [0, 0.05) is 17.7 Å². The topological polar surface area (TPSA) is 84.5 Å². The fourth-order valence-electron chi connectivity index (χ4n) is 2.52. The molecule has 1 saturated heterocycles. The summed E-state index contributed by atoms with van der Waals surface area (Å²) in [5, 5.41) is 10.7. The Morgan fingerprint density at radius 2 is 1.24 bits per heavy atom. The monoisotopic (exact) mass is 355 g/mol. The van der Waals surface area contributed by atoms with Crippen LogP contribution < -0.4 is 4.90 Å². The number of non-ortho nitro benzene ring substituents is 1. The van der Waals surface area contributed by atoms with Crippen LogP contribution in [0.25, 0.3) is 0 Å². The van der Waals surface area contributed by atoms with E-state index < -0.39 is 0 Å². The third-order valence-electron chi connectivity index (χ3n) is 3.92. The number of ether oxygens (including phenoxy) is 4. The predicted octanol–water partition coefficient (Wildman–Crippen LogP) is 0.0597. The Morgan fingerprint density at radius 3 is 1.68 bits per heavy atom. The third-order valence-corrected chi connectivity index (χ3v) is 3.92. The van der Waals surface area contributed by atoms with Crippen molar-refractivity contribution in [1.82, 2.24) is 0 Å². The molecule has 1 heterocycles. The molecule has 1 aromatic carbocycles. The van der Waals surface area contributed by atoms with Gasteiger partial charge < -0.3 is 23.8 Å². The van der Waals surface area contributed by atoms with Gasteiger partial charge in [-0.15, -0.1) is 0 Å². The lowest BCUT2D eigenvalue weighted by molar-refractivity contribution is -0.914. The maximum absolute atomic E-state index is 10.7. The molecule has 1 fully saturated rings. The Hall–Kier alpha value is -1.58. The minimum absolute atomic E-state index is 0.113. The Kier molecular flexibility index (Phi) is 9.38. The summed E-state index contributed by atoms with van der Waals surface area (Å²) in [5.74, 6) is 0. The second kappa shape index (κ2) is 11.9. The molecule has 2 rings (SSSR count). The zero-order valence-electron chi connectivity index (χ0n) is 14.5. The molecule has 0 radical (unpaired) electrons. The van der Waals surface area contributed by atoms with E-state index in [1.807, 2.05) is 12.1 Å². The second-order valence-corrected chi connectivity index (χ2v) is 5.80. The zero-order chi connectivity index (χ0) is 17.7. The van der Waals surface area contributed by atoms with Gasteiger partial charge in [-0.1, -0.05) is 0 Å². The molecule has 0 amide bonds. The quantitative estimate of drug-likeness (QED) is 0.610. The summed E-state index contributed by atoms with van der Waals surface area (Å²) in [6.07, 6.45) is 0. The lowest BCUT2D eigenvalue weighted by Crippen LogP contribution is -3.11. The van der Waals surface area contributed by atoms with Crippen LogP contribution in [0.15, 0.2) is 24.3 Å². The maximum Gasteiger partial charge on any atom is 0.269 e. The van der Waals surface area contributed by atoms with Crippen molar-refractivity contribution in [3.05, 3.63) is 39.9 Å². The number of hydrogen-bond acceptors (Lipinski definition) is 6. The number of benzene rings is 1. The van der Waals surface area contributed by atoms with Crippen LogP contribution in [0.5, 0.6) is 0 Å². The van der Waals surface area contributed by atoms with Crippen LogP contribution in [0, 0.1) is 10.1 Å².